The number of amides is 1. The van der Waals surface area contributed by atoms with E-state index in [4.69, 9.17) is 16.3 Å². The monoisotopic (exact) mass is 472 g/mol. The molecule has 10 heteroatoms. The molecule has 1 fully saturated rings. The number of nitrogens with one attached hydrogen (secondary N) is 2. The number of sulfonamides is 1. The lowest BCUT2D eigenvalue weighted by Crippen LogP contribution is -2.35. The van der Waals surface area contributed by atoms with Gasteiger partial charge in [-0.25, -0.2) is 21.9 Å². The van der Waals surface area contributed by atoms with Gasteiger partial charge in [0.05, 0.1) is 11.1 Å². The summed E-state index contributed by atoms with van der Waals surface area (Å²) in [7, 11) is -3.96. The summed E-state index contributed by atoms with van der Waals surface area (Å²) in [4.78, 5) is 12.4. The zero-order valence-corrected chi connectivity index (χ0v) is 18.4. The van der Waals surface area contributed by atoms with Gasteiger partial charge in [-0.1, -0.05) is 17.7 Å². The normalized spacial score (nSPS) is 17.5. The third kappa shape index (κ3) is 6.00. The van der Waals surface area contributed by atoms with Crippen LogP contribution in [0.2, 0.25) is 5.02 Å². The van der Waals surface area contributed by atoms with Gasteiger partial charge in [0.1, 0.15) is 16.5 Å². The van der Waals surface area contributed by atoms with Crippen molar-refractivity contribution in [3.05, 3.63) is 64.2 Å². The van der Waals surface area contributed by atoms with E-state index in [0.29, 0.717) is 6.61 Å². The molecule has 0 bridgehead atoms. The summed E-state index contributed by atoms with van der Waals surface area (Å²) in [5.41, 5.74) is -0.0734. The van der Waals surface area contributed by atoms with Crippen molar-refractivity contribution in [2.75, 3.05) is 13.2 Å². The Balaban J connectivity index is 1.70. The topological polar surface area (TPSA) is 84.5 Å². The fourth-order valence-corrected chi connectivity index (χ4v) is 4.92. The van der Waals surface area contributed by atoms with Crippen LogP contribution in [0.25, 0.3) is 0 Å². The Morgan fingerprint density at radius 1 is 1.26 bits per heavy atom. The Labute approximate surface area is 185 Å². The first-order valence-corrected chi connectivity index (χ1v) is 11.7. The third-order valence-electron chi connectivity index (χ3n) is 4.96. The molecular formula is C21H23ClF2N2O4S. The average molecular weight is 473 g/mol. The van der Waals surface area contributed by atoms with E-state index < -0.39 is 33.6 Å². The number of hydrogen-bond acceptors (Lipinski definition) is 4. The summed E-state index contributed by atoms with van der Waals surface area (Å²) in [6.45, 7) is 2.30. The molecule has 31 heavy (non-hydrogen) atoms. The maximum absolute atomic E-state index is 13.8. The number of hydrogen-bond donors (Lipinski definition) is 2. The fourth-order valence-electron chi connectivity index (χ4n) is 3.33. The number of halogens is 3. The minimum Gasteiger partial charge on any atom is -0.377 e. The number of benzene rings is 2. The Bertz CT molecular complexity index is 1040. The third-order valence-corrected chi connectivity index (χ3v) is 6.86. The summed E-state index contributed by atoms with van der Waals surface area (Å²) in [5.74, 6) is -1.98. The van der Waals surface area contributed by atoms with Gasteiger partial charge in [-0.3, -0.25) is 4.79 Å². The first-order chi connectivity index (χ1) is 14.7. The van der Waals surface area contributed by atoms with Crippen LogP contribution < -0.4 is 10.0 Å². The predicted octanol–water partition coefficient (Wildman–Crippen LogP) is 3.44. The van der Waals surface area contributed by atoms with Crippen LogP contribution >= 0.6 is 11.6 Å². The van der Waals surface area contributed by atoms with Crippen LogP contribution in [0.5, 0.6) is 0 Å². The molecule has 168 valence electrons. The molecule has 2 aromatic carbocycles. The Hall–Kier alpha value is -2.07. The van der Waals surface area contributed by atoms with Crippen molar-refractivity contribution in [1.82, 2.24) is 10.0 Å². The second kappa shape index (κ2) is 10.0. The van der Waals surface area contributed by atoms with E-state index in [1.165, 1.54) is 24.3 Å². The lowest BCUT2D eigenvalue weighted by atomic mass is 10.1. The summed E-state index contributed by atoms with van der Waals surface area (Å²) in [6, 6.07) is 6.82. The first-order valence-electron chi connectivity index (χ1n) is 9.82. The van der Waals surface area contributed by atoms with Crippen LogP contribution in [0.15, 0.2) is 41.3 Å². The molecule has 1 aliphatic rings. The van der Waals surface area contributed by atoms with Gasteiger partial charge in [0.25, 0.3) is 5.91 Å². The zero-order chi connectivity index (χ0) is 22.6. The number of carbonyl (C=O) groups is 1. The van der Waals surface area contributed by atoms with Gasteiger partial charge in [-0.2, -0.15) is 0 Å². The molecule has 1 heterocycles. The summed E-state index contributed by atoms with van der Waals surface area (Å²) in [5, 5.41) is 2.59. The van der Waals surface area contributed by atoms with Crippen LogP contribution in [0.3, 0.4) is 0 Å². The molecule has 6 nitrogen and oxygen atoms in total. The molecule has 2 aromatic rings. The second-order valence-electron chi connectivity index (χ2n) is 7.41. The molecule has 0 aliphatic carbocycles. The summed E-state index contributed by atoms with van der Waals surface area (Å²) in [6.07, 6.45) is 1.38. The van der Waals surface area contributed by atoms with E-state index in [1.54, 1.807) is 6.92 Å². The Kier molecular flexibility index (Phi) is 7.64. The minimum absolute atomic E-state index is 0.0298. The Morgan fingerprint density at radius 3 is 2.61 bits per heavy atom. The van der Waals surface area contributed by atoms with Gasteiger partial charge < -0.3 is 10.1 Å². The summed E-state index contributed by atoms with van der Waals surface area (Å²) < 4.78 is 60.8. The van der Waals surface area contributed by atoms with Crippen molar-refractivity contribution in [2.45, 2.75) is 43.2 Å². The van der Waals surface area contributed by atoms with E-state index in [-0.39, 0.29) is 40.1 Å². The molecule has 0 spiro atoms. The van der Waals surface area contributed by atoms with E-state index in [1.807, 2.05) is 0 Å². The van der Waals surface area contributed by atoms with Gasteiger partial charge >= 0.3 is 0 Å². The van der Waals surface area contributed by atoms with Gasteiger partial charge in [0, 0.05) is 30.3 Å². The highest BCUT2D eigenvalue weighted by molar-refractivity contribution is 7.89. The van der Waals surface area contributed by atoms with Gasteiger partial charge in [0.15, 0.2) is 0 Å². The molecule has 0 saturated carbocycles. The number of rotatable bonds is 8. The molecule has 0 aromatic heterocycles. The molecule has 2 atom stereocenters. The molecule has 1 saturated heterocycles. The summed E-state index contributed by atoms with van der Waals surface area (Å²) >= 11 is 6.06. The average Bonchev–Trinajstić information content (AvgIpc) is 3.23. The van der Waals surface area contributed by atoms with E-state index in [9.17, 15) is 22.0 Å². The van der Waals surface area contributed by atoms with Crippen LogP contribution in [0.4, 0.5) is 8.78 Å². The highest BCUT2D eigenvalue weighted by atomic mass is 35.5. The van der Waals surface area contributed by atoms with Crippen LogP contribution in [-0.2, 0) is 21.2 Å². The van der Waals surface area contributed by atoms with E-state index in [2.05, 4.69) is 10.0 Å². The lowest BCUT2D eigenvalue weighted by Gasteiger charge is -2.16. The van der Waals surface area contributed by atoms with Crippen molar-refractivity contribution >= 4 is 27.5 Å². The lowest BCUT2D eigenvalue weighted by molar-refractivity contribution is 0.0939. The predicted molar refractivity (Wildman–Crippen MR) is 113 cm³/mol. The first kappa shape index (κ1) is 23.6. The molecule has 1 aliphatic heterocycles. The van der Waals surface area contributed by atoms with Gasteiger partial charge in [0.2, 0.25) is 10.0 Å². The molecular weight excluding hydrogens is 450 g/mol. The van der Waals surface area contributed by atoms with Crippen molar-refractivity contribution in [2.24, 2.45) is 0 Å². The standard InChI is InChI=1S/C21H23ClF2N2O4S/c1-13(10-16-18(23)5-2-6-19(16)24)26-21(27)14-7-8-17(22)20(11-14)31(28,29)25-12-15-4-3-9-30-15/h2,5-8,11,13,15,25H,3-4,9-10,12H2,1H3,(H,26,27). The van der Waals surface area contributed by atoms with E-state index in [0.717, 1.165) is 25.0 Å². The van der Waals surface area contributed by atoms with Gasteiger partial charge in [-0.15, -0.1) is 0 Å². The Morgan fingerprint density at radius 2 is 1.97 bits per heavy atom. The molecule has 2 N–H and O–H groups in total. The quantitative estimate of drug-likeness (QED) is 0.616. The largest absolute Gasteiger partial charge is 0.377 e. The molecule has 0 radical (unpaired) electrons. The fraction of sp³-hybridized carbons (Fsp3) is 0.381. The van der Waals surface area contributed by atoms with Crippen molar-refractivity contribution in [3.63, 3.8) is 0 Å². The van der Waals surface area contributed by atoms with Crippen molar-refractivity contribution in [1.29, 1.82) is 0 Å². The molecule has 3 rings (SSSR count). The minimum atomic E-state index is -3.96. The van der Waals surface area contributed by atoms with Crippen LogP contribution in [0, 0.1) is 11.6 Å². The second-order valence-corrected chi connectivity index (χ2v) is 9.55. The van der Waals surface area contributed by atoms with Gasteiger partial charge in [-0.05, 0) is 56.5 Å². The maximum atomic E-state index is 13.8. The van der Waals surface area contributed by atoms with Crippen molar-refractivity contribution in [3.8, 4) is 0 Å². The maximum Gasteiger partial charge on any atom is 0.251 e. The SMILES string of the molecule is CC(Cc1c(F)cccc1F)NC(=O)c1ccc(Cl)c(S(=O)(=O)NCC2CCCO2)c1. The van der Waals surface area contributed by atoms with Crippen LogP contribution in [-0.4, -0.2) is 39.6 Å². The molecule has 1 amide bonds. The molecule has 2 unspecified atom stereocenters. The number of ether oxygens (including phenoxy) is 1. The van der Waals surface area contributed by atoms with Crippen molar-refractivity contribution < 1.29 is 26.7 Å². The zero-order valence-electron chi connectivity index (χ0n) is 16.8. The highest BCUT2D eigenvalue weighted by Crippen LogP contribution is 2.23. The highest BCUT2D eigenvalue weighted by Gasteiger charge is 2.24. The number of carbonyl (C=O) groups excluding carboxylic acids is 1. The van der Waals surface area contributed by atoms with Crippen LogP contribution in [0.1, 0.15) is 35.7 Å². The smallest absolute Gasteiger partial charge is 0.251 e. The van der Waals surface area contributed by atoms with E-state index >= 15 is 0 Å².